The zero-order valence-electron chi connectivity index (χ0n) is 14.0. The Morgan fingerprint density at radius 1 is 0.625 bits per heavy atom. The number of carbonyl (C=O) groups is 2. The first kappa shape index (κ1) is 19.4. The summed E-state index contributed by atoms with van der Waals surface area (Å²) in [5.41, 5.74) is 12.5. The number of aryl methyl sites for hydroxylation is 2. The van der Waals surface area contributed by atoms with Crippen LogP contribution in [-0.2, 0) is 22.4 Å². The summed E-state index contributed by atoms with van der Waals surface area (Å²) in [7, 11) is 0. The second kappa shape index (κ2) is 11.9. The summed E-state index contributed by atoms with van der Waals surface area (Å²) < 4.78 is 0. The number of rotatable bonds is 8. The molecule has 24 heavy (non-hydrogen) atoms. The maximum atomic E-state index is 10.2. The van der Waals surface area contributed by atoms with Crippen LogP contribution in [-0.4, -0.2) is 11.8 Å². The maximum absolute atomic E-state index is 10.2. The molecule has 4 nitrogen and oxygen atoms in total. The minimum atomic E-state index is -0.329. The third-order valence-electron chi connectivity index (χ3n) is 3.48. The Bertz CT molecular complexity index is 542. The van der Waals surface area contributed by atoms with Gasteiger partial charge in [-0.05, 0) is 36.8 Å². The highest BCUT2D eigenvalue weighted by molar-refractivity contribution is 5.74. The van der Waals surface area contributed by atoms with Crippen molar-refractivity contribution in [2.75, 3.05) is 0 Å². The molecule has 0 aliphatic heterocycles. The third kappa shape index (κ3) is 10.2. The maximum Gasteiger partial charge on any atom is 0.217 e. The van der Waals surface area contributed by atoms with E-state index in [1.807, 2.05) is 0 Å². The second-order valence-electron chi connectivity index (χ2n) is 5.61. The number of primary amides is 2. The molecule has 2 rings (SSSR count). The van der Waals surface area contributed by atoms with Crippen LogP contribution in [0, 0.1) is 0 Å². The Balaban J connectivity index is 0.000000257. The number of carbonyl (C=O) groups excluding carboxylic acids is 2. The van der Waals surface area contributed by atoms with Crippen LogP contribution in [0.25, 0.3) is 0 Å². The molecule has 0 spiro atoms. The number of unbranched alkanes of at least 4 members (excludes halogenated alkanes) is 1. The van der Waals surface area contributed by atoms with E-state index in [4.69, 9.17) is 11.5 Å². The fourth-order valence-corrected chi connectivity index (χ4v) is 2.18. The molecule has 0 fully saturated rings. The first-order chi connectivity index (χ1) is 11.6. The predicted octanol–water partition coefficient (Wildman–Crippen LogP) is 2.99. The normalized spacial score (nSPS) is 9.67. The molecule has 0 aliphatic rings. The molecule has 2 amide bonds. The van der Waals surface area contributed by atoms with E-state index in [1.165, 1.54) is 11.1 Å². The summed E-state index contributed by atoms with van der Waals surface area (Å²) in [5, 5.41) is 0. The van der Waals surface area contributed by atoms with Crippen molar-refractivity contribution in [1.82, 2.24) is 0 Å². The van der Waals surface area contributed by atoms with Crippen LogP contribution in [0.15, 0.2) is 60.7 Å². The molecular formula is C20H26N2O2. The van der Waals surface area contributed by atoms with Gasteiger partial charge in [-0.15, -0.1) is 0 Å². The Hall–Kier alpha value is -2.62. The minimum Gasteiger partial charge on any atom is -0.370 e. The van der Waals surface area contributed by atoms with E-state index in [0.29, 0.717) is 25.7 Å². The number of nitrogens with two attached hydrogens (primary N) is 2. The van der Waals surface area contributed by atoms with E-state index < -0.39 is 0 Å². The Labute approximate surface area is 143 Å². The van der Waals surface area contributed by atoms with Crippen LogP contribution in [0.4, 0.5) is 0 Å². The van der Waals surface area contributed by atoms with Crippen molar-refractivity contribution in [3.05, 3.63) is 71.8 Å². The number of hydrogen-bond donors (Lipinski definition) is 2. The molecule has 0 heterocycles. The van der Waals surface area contributed by atoms with E-state index in [9.17, 15) is 9.59 Å². The predicted molar refractivity (Wildman–Crippen MR) is 97.1 cm³/mol. The SMILES string of the molecule is NC(=O)CCCCC(N)=O.c1ccc(CCc2ccccc2)cc1. The van der Waals surface area contributed by atoms with Crippen molar-refractivity contribution in [3.8, 4) is 0 Å². The Morgan fingerprint density at radius 3 is 1.25 bits per heavy atom. The van der Waals surface area contributed by atoms with Gasteiger partial charge >= 0.3 is 0 Å². The van der Waals surface area contributed by atoms with Gasteiger partial charge in [0.25, 0.3) is 0 Å². The van der Waals surface area contributed by atoms with Gasteiger partial charge in [0, 0.05) is 12.8 Å². The summed E-state index contributed by atoms with van der Waals surface area (Å²) in [6, 6.07) is 21.2. The first-order valence-electron chi connectivity index (χ1n) is 8.22. The summed E-state index contributed by atoms with van der Waals surface area (Å²) in [6.07, 6.45) is 4.24. The van der Waals surface area contributed by atoms with E-state index in [0.717, 1.165) is 12.8 Å². The van der Waals surface area contributed by atoms with Crippen molar-refractivity contribution < 1.29 is 9.59 Å². The van der Waals surface area contributed by atoms with Crippen LogP contribution in [0.3, 0.4) is 0 Å². The standard InChI is InChI=1S/C14H14.C6H12N2O2/c1-3-7-13(8-4-1)11-12-14-9-5-2-6-10-14;7-5(9)3-1-2-4-6(8)10/h1-10H,11-12H2;1-4H2,(H2,7,9)(H2,8,10). The van der Waals surface area contributed by atoms with Crippen molar-refractivity contribution in [3.63, 3.8) is 0 Å². The highest BCUT2D eigenvalue weighted by atomic mass is 16.1. The fraction of sp³-hybridized carbons (Fsp3) is 0.300. The van der Waals surface area contributed by atoms with Gasteiger partial charge in [0.15, 0.2) is 0 Å². The smallest absolute Gasteiger partial charge is 0.217 e. The molecule has 0 aromatic heterocycles. The topological polar surface area (TPSA) is 86.2 Å². The molecule has 0 saturated heterocycles. The third-order valence-corrected chi connectivity index (χ3v) is 3.48. The molecule has 4 heteroatoms. The van der Waals surface area contributed by atoms with E-state index in [2.05, 4.69) is 60.7 Å². The average molecular weight is 326 g/mol. The summed E-state index contributed by atoms with van der Waals surface area (Å²) in [5.74, 6) is -0.658. The zero-order valence-corrected chi connectivity index (χ0v) is 14.0. The van der Waals surface area contributed by atoms with Crippen molar-refractivity contribution in [1.29, 1.82) is 0 Å². The highest BCUT2D eigenvalue weighted by Crippen LogP contribution is 2.06. The number of amides is 2. The Morgan fingerprint density at radius 2 is 0.958 bits per heavy atom. The Kier molecular flexibility index (Phi) is 9.62. The number of hydrogen-bond acceptors (Lipinski definition) is 2. The van der Waals surface area contributed by atoms with Gasteiger partial charge < -0.3 is 11.5 Å². The van der Waals surface area contributed by atoms with Crippen molar-refractivity contribution in [2.45, 2.75) is 38.5 Å². The summed E-state index contributed by atoms with van der Waals surface area (Å²) in [6.45, 7) is 0. The van der Waals surface area contributed by atoms with Gasteiger partial charge in [-0.25, -0.2) is 0 Å². The van der Waals surface area contributed by atoms with E-state index in [-0.39, 0.29) is 11.8 Å². The van der Waals surface area contributed by atoms with Crippen LogP contribution in [0.2, 0.25) is 0 Å². The first-order valence-corrected chi connectivity index (χ1v) is 8.22. The monoisotopic (exact) mass is 326 g/mol. The van der Waals surface area contributed by atoms with E-state index in [1.54, 1.807) is 0 Å². The lowest BCUT2D eigenvalue weighted by Crippen LogP contribution is -2.12. The number of benzene rings is 2. The molecule has 0 radical (unpaired) electrons. The largest absolute Gasteiger partial charge is 0.370 e. The average Bonchev–Trinajstić information content (AvgIpc) is 2.59. The lowest BCUT2D eigenvalue weighted by molar-refractivity contribution is -0.119. The summed E-state index contributed by atoms with van der Waals surface area (Å²) in [4.78, 5) is 20.3. The molecule has 4 N–H and O–H groups in total. The molecular weight excluding hydrogens is 300 g/mol. The van der Waals surface area contributed by atoms with Gasteiger partial charge in [0.1, 0.15) is 0 Å². The molecule has 0 atom stereocenters. The lowest BCUT2D eigenvalue weighted by Gasteiger charge is -2.01. The molecule has 128 valence electrons. The van der Waals surface area contributed by atoms with Crippen LogP contribution in [0.5, 0.6) is 0 Å². The van der Waals surface area contributed by atoms with Gasteiger partial charge in [-0.2, -0.15) is 0 Å². The zero-order chi connectivity index (χ0) is 17.6. The molecule has 0 unspecified atom stereocenters. The molecule has 0 bridgehead atoms. The fourth-order valence-electron chi connectivity index (χ4n) is 2.18. The van der Waals surface area contributed by atoms with Crippen molar-refractivity contribution >= 4 is 11.8 Å². The van der Waals surface area contributed by atoms with Gasteiger partial charge in [-0.1, -0.05) is 60.7 Å². The quantitative estimate of drug-likeness (QED) is 0.731. The van der Waals surface area contributed by atoms with Gasteiger partial charge in [-0.3, -0.25) is 9.59 Å². The van der Waals surface area contributed by atoms with E-state index >= 15 is 0 Å². The molecule has 0 saturated carbocycles. The van der Waals surface area contributed by atoms with Gasteiger partial charge in [0.05, 0.1) is 0 Å². The molecule has 2 aromatic carbocycles. The molecule has 2 aromatic rings. The molecule has 0 aliphatic carbocycles. The second-order valence-corrected chi connectivity index (χ2v) is 5.61. The minimum absolute atomic E-state index is 0.329. The highest BCUT2D eigenvalue weighted by Gasteiger charge is 1.96. The summed E-state index contributed by atoms with van der Waals surface area (Å²) >= 11 is 0. The van der Waals surface area contributed by atoms with Gasteiger partial charge in [0.2, 0.25) is 11.8 Å². The van der Waals surface area contributed by atoms with Crippen LogP contribution < -0.4 is 11.5 Å². The lowest BCUT2D eigenvalue weighted by atomic mass is 10.0. The van der Waals surface area contributed by atoms with Crippen molar-refractivity contribution in [2.24, 2.45) is 11.5 Å². The van der Waals surface area contributed by atoms with Crippen LogP contribution in [0.1, 0.15) is 36.8 Å². The van der Waals surface area contributed by atoms with Crippen LogP contribution >= 0.6 is 0 Å².